The highest BCUT2D eigenvalue weighted by Crippen LogP contribution is 2.38. The summed E-state index contributed by atoms with van der Waals surface area (Å²) >= 11 is 1.40. The highest BCUT2D eigenvalue weighted by atomic mass is 32.1. The molecule has 0 saturated carbocycles. The molecule has 0 bridgehead atoms. The van der Waals surface area contributed by atoms with E-state index in [1.54, 1.807) is 33.9 Å². The minimum Gasteiger partial charge on any atom is -0.487 e. The van der Waals surface area contributed by atoms with Crippen LogP contribution in [0.15, 0.2) is 96.6 Å². The van der Waals surface area contributed by atoms with E-state index in [0.717, 1.165) is 42.1 Å². The first kappa shape index (κ1) is 31.5. The fraction of sp³-hybridized carbons (Fsp3) is 0.278. The number of nitrogens with one attached hydrogen (secondary N) is 1. The molecule has 5 aromatic rings. The number of thiazole rings is 1. The Morgan fingerprint density at radius 1 is 1.00 bits per heavy atom. The number of carbonyl (C=O) groups is 2. The number of hydrogen-bond acceptors (Lipinski definition) is 8. The van der Waals surface area contributed by atoms with Crippen LogP contribution in [0.1, 0.15) is 46.2 Å². The maximum atomic E-state index is 13.6. The highest BCUT2D eigenvalue weighted by molar-refractivity contribution is 7.14. The zero-order valence-corrected chi connectivity index (χ0v) is 27.0. The van der Waals surface area contributed by atoms with Crippen molar-refractivity contribution in [2.24, 2.45) is 0 Å². The fourth-order valence-corrected chi connectivity index (χ4v) is 6.84. The lowest BCUT2D eigenvalue weighted by Gasteiger charge is -2.39. The first-order valence-electron chi connectivity index (χ1n) is 15.9. The third-order valence-electron chi connectivity index (χ3n) is 8.55. The molecule has 7 rings (SSSR count). The predicted octanol–water partition coefficient (Wildman–Crippen LogP) is 5.93. The van der Waals surface area contributed by atoms with Crippen molar-refractivity contribution >= 4 is 34.0 Å². The van der Waals surface area contributed by atoms with Gasteiger partial charge in [-0.3, -0.25) is 14.9 Å². The van der Waals surface area contributed by atoms with Crippen molar-refractivity contribution < 1.29 is 23.5 Å². The molecule has 246 valence electrons. The SMILES string of the molecule is O=C(Nc1nc(C2CCCN2c2ccc(OC3CN(C(=O)COCc4ccccc4)C3)cc2)cs1)c1cccn1Cc1ccnc(F)c1. The Balaban J connectivity index is 0.896. The van der Waals surface area contributed by atoms with Crippen molar-refractivity contribution in [2.45, 2.75) is 38.1 Å². The summed E-state index contributed by atoms with van der Waals surface area (Å²) in [5, 5.41) is 5.48. The van der Waals surface area contributed by atoms with Crippen molar-refractivity contribution in [1.29, 1.82) is 0 Å². The summed E-state index contributed by atoms with van der Waals surface area (Å²) in [6.45, 7) is 2.82. The molecular weight excluding hydrogens is 631 g/mol. The second-order valence-corrected chi connectivity index (χ2v) is 12.8. The smallest absolute Gasteiger partial charge is 0.274 e. The van der Waals surface area contributed by atoms with Crippen molar-refractivity contribution in [3.63, 3.8) is 0 Å². The zero-order chi connectivity index (χ0) is 32.9. The number of nitrogens with zero attached hydrogens (tertiary/aromatic N) is 5. The number of likely N-dealkylation sites (tertiary alicyclic amines) is 1. The summed E-state index contributed by atoms with van der Waals surface area (Å²) in [5.74, 6) is -0.0870. The van der Waals surface area contributed by atoms with Gasteiger partial charge in [0.25, 0.3) is 5.91 Å². The predicted molar refractivity (Wildman–Crippen MR) is 181 cm³/mol. The van der Waals surface area contributed by atoms with Gasteiger partial charge in [0.2, 0.25) is 11.9 Å². The van der Waals surface area contributed by atoms with E-state index in [0.29, 0.717) is 42.6 Å². The molecule has 0 spiro atoms. The molecule has 0 aliphatic carbocycles. The molecular formula is C36H35FN6O4S. The topological polar surface area (TPSA) is 102 Å². The van der Waals surface area contributed by atoms with Gasteiger partial charge in [0.15, 0.2) is 5.13 Å². The van der Waals surface area contributed by atoms with Crippen LogP contribution in [0.5, 0.6) is 5.75 Å². The standard InChI is InChI=1S/C36H35FN6O4S/c37-33-18-26(14-15-38-33)19-41-16-4-9-32(41)35(45)40-36-39-30(24-48-36)31-8-5-17-43(31)27-10-12-28(13-11-27)47-29-20-42(21-29)34(44)23-46-22-25-6-2-1-3-7-25/h1-4,6-7,9-16,18,24,29,31H,5,8,17,19-23H2,(H,39,40,45). The zero-order valence-electron chi connectivity index (χ0n) is 26.2. The molecule has 10 nitrogen and oxygen atoms in total. The Morgan fingerprint density at radius 3 is 2.65 bits per heavy atom. The molecule has 2 aliphatic rings. The van der Waals surface area contributed by atoms with Crippen molar-refractivity contribution in [3.8, 4) is 5.75 Å². The van der Waals surface area contributed by atoms with E-state index in [2.05, 4.69) is 27.3 Å². The lowest BCUT2D eigenvalue weighted by Crippen LogP contribution is -2.57. The van der Waals surface area contributed by atoms with E-state index in [4.69, 9.17) is 14.5 Å². The first-order chi connectivity index (χ1) is 23.5. The van der Waals surface area contributed by atoms with Crippen LogP contribution in [0.25, 0.3) is 0 Å². The molecule has 2 amide bonds. The minimum absolute atomic E-state index is 0.0283. The van der Waals surface area contributed by atoms with Crippen LogP contribution in [0.3, 0.4) is 0 Å². The van der Waals surface area contributed by atoms with Crippen LogP contribution in [-0.2, 0) is 22.7 Å². The number of carbonyl (C=O) groups excluding carboxylic acids is 2. The number of hydrogen-bond donors (Lipinski definition) is 1. The molecule has 5 heterocycles. The number of pyridine rings is 1. The van der Waals surface area contributed by atoms with Gasteiger partial charge in [0.1, 0.15) is 24.2 Å². The lowest BCUT2D eigenvalue weighted by atomic mass is 10.1. The summed E-state index contributed by atoms with van der Waals surface area (Å²) in [6, 6.07) is 24.6. The van der Waals surface area contributed by atoms with E-state index in [9.17, 15) is 14.0 Å². The van der Waals surface area contributed by atoms with Gasteiger partial charge in [-0.25, -0.2) is 9.97 Å². The van der Waals surface area contributed by atoms with Crippen molar-refractivity contribution in [3.05, 3.63) is 125 Å². The summed E-state index contributed by atoms with van der Waals surface area (Å²) in [4.78, 5) is 38.1. The van der Waals surface area contributed by atoms with Gasteiger partial charge in [0, 0.05) is 36.6 Å². The largest absolute Gasteiger partial charge is 0.487 e. The molecule has 2 saturated heterocycles. The van der Waals surface area contributed by atoms with Gasteiger partial charge in [-0.2, -0.15) is 4.39 Å². The van der Waals surface area contributed by atoms with Crippen LogP contribution >= 0.6 is 11.3 Å². The van der Waals surface area contributed by atoms with Crippen LogP contribution in [0.2, 0.25) is 0 Å². The molecule has 1 N–H and O–H groups in total. The quantitative estimate of drug-likeness (QED) is 0.165. The molecule has 0 radical (unpaired) electrons. The molecule has 1 atom stereocenters. The van der Waals surface area contributed by atoms with Gasteiger partial charge in [-0.05, 0) is 72.5 Å². The van der Waals surface area contributed by atoms with E-state index in [-0.39, 0.29) is 30.6 Å². The third kappa shape index (κ3) is 7.40. The molecule has 1 unspecified atom stereocenters. The number of anilines is 2. The number of rotatable bonds is 12. The number of amides is 2. The second kappa shape index (κ2) is 14.4. The fourth-order valence-electron chi connectivity index (χ4n) is 6.08. The molecule has 12 heteroatoms. The number of benzene rings is 2. The summed E-state index contributed by atoms with van der Waals surface area (Å²) in [7, 11) is 0. The van der Waals surface area contributed by atoms with Crippen LogP contribution in [0.4, 0.5) is 15.2 Å². The average molecular weight is 667 g/mol. The Bertz CT molecular complexity index is 1860. The van der Waals surface area contributed by atoms with Gasteiger partial charge in [0.05, 0.1) is 31.4 Å². The van der Waals surface area contributed by atoms with E-state index < -0.39 is 5.95 Å². The number of ether oxygens (including phenoxy) is 2. The van der Waals surface area contributed by atoms with E-state index in [1.165, 1.54) is 23.6 Å². The van der Waals surface area contributed by atoms with Crippen LogP contribution in [0, 0.1) is 5.95 Å². The molecule has 2 aliphatic heterocycles. The van der Waals surface area contributed by atoms with Crippen molar-refractivity contribution in [2.75, 3.05) is 36.5 Å². The molecule has 2 aromatic carbocycles. The first-order valence-corrected chi connectivity index (χ1v) is 16.8. The monoisotopic (exact) mass is 666 g/mol. The normalized spacial score (nSPS) is 16.1. The Morgan fingerprint density at radius 2 is 1.83 bits per heavy atom. The van der Waals surface area contributed by atoms with Crippen LogP contribution < -0.4 is 15.0 Å². The Kier molecular flexibility index (Phi) is 9.43. The second-order valence-electron chi connectivity index (χ2n) is 11.9. The maximum Gasteiger partial charge on any atom is 0.274 e. The van der Waals surface area contributed by atoms with Gasteiger partial charge in [-0.1, -0.05) is 30.3 Å². The van der Waals surface area contributed by atoms with E-state index >= 15 is 0 Å². The summed E-state index contributed by atoms with van der Waals surface area (Å²) < 4.78 is 27.0. The highest BCUT2D eigenvalue weighted by Gasteiger charge is 2.33. The van der Waals surface area contributed by atoms with Gasteiger partial charge in [-0.15, -0.1) is 11.3 Å². The third-order valence-corrected chi connectivity index (χ3v) is 9.33. The maximum absolute atomic E-state index is 13.6. The summed E-state index contributed by atoms with van der Waals surface area (Å²) in [5.41, 5.74) is 4.22. The Hall–Kier alpha value is -5.07. The molecule has 2 fully saturated rings. The average Bonchev–Trinajstić information content (AvgIpc) is 3.85. The lowest BCUT2D eigenvalue weighted by molar-refractivity contribution is -0.145. The minimum atomic E-state index is -0.553. The van der Waals surface area contributed by atoms with Gasteiger partial charge < -0.3 is 23.8 Å². The Labute approximate surface area is 281 Å². The van der Waals surface area contributed by atoms with Crippen LogP contribution in [-0.4, -0.2) is 63.6 Å². The number of aromatic nitrogens is 3. The van der Waals surface area contributed by atoms with Crippen molar-refractivity contribution in [1.82, 2.24) is 19.4 Å². The summed E-state index contributed by atoms with van der Waals surface area (Å²) in [6.07, 6.45) is 5.16. The molecule has 48 heavy (non-hydrogen) atoms. The van der Waals surface area contributed by atoms with E-state index in [1.807, 2.05) is 47.8 Å². The van der Waals surface area contributed by atoms with Gasteiger partial charge >= 0.3 is 0 Å². The molecule has 3 aromatic heterocycles. The number of halogens is 1.